The summed E-state index contributed by atoms with van der Waals surface area (Å²) in [6, 6.07) is 28.0. The first-order valence-corrected chi connectivity index (χ1v) is 13.3. The summed E-state index contributed by atoms with van der Waals surface area (Å²) in [4.78, 5) is 0. The molecule has 0 aliphatic heterocycles. The first-order valence-electron chi connectivity index (χ1n) is 13.3. The molecular weight excluding hydrogens is 446 g/mol. The quantitative estimate of drug-likeness (QED) is 0.313. The molecule has 1 aliphatic rings. The maximum absolute atomic E-state index is 4.31. The minimum absolute atomic E-state index is 0.379. The fraction of sp³-hybridized carbons (Fsp3) is 0.222. The number of rotatable bonds is 8. The lowest BCUT2D eigenvalue weighted by molar-refractivity contribution is 0.528. The molecule has 0 fully saturated rings. The van der Waals surface area contributed by atoms with Gasteiger partial charge in [0, 0.05) is 12.1 Å². The first kappa shape index (κ1) is 26.2. The lowest BCUT2D eigenvalue weighted by atomic mass is 9.83. The molecule has 2 unspecified atom stereocenters. The predicted molar refractivity (Wildman–Crippen MR) is 161 cm³/mol. The molecular formula is C36H39N. The zero-order chi connectivity index (χ0) is 26.3. The van der Waals surface area contributed by atoms with Crippen LogP contribution in [0, 0.1) is 6.92 Å². The fourth-order valence-corrected chi connectivity index (χ4v) is 5.24. The third-order valence-corrected chi connectivity index (χ3v) is 7.34. The summed E-state index contributed by atoms with van der Waals surface area (Å²) in [6.45, 7) is 13.3. The molecule has 0 saturated heterocycles. The summed E-state index contributed by atoms with van der Waals surface area (Å²) in [5.74, 6) is 0.379. The Morgan fingerprint density at radius 3 is 2.41 bits per heavy atom. The second kappa shape index (κ2) is 11.9. The van der Waals surface area contributed by atoms with Crippen molar-refractivity contribution < 1.29 is 0 Å². The number of nitrogens with one attached hydrogen (secondary N) is 1. The molecule has 0 spiro atoms. The van der Waals surface area contributed by atoms with Crippen molar-refractivity contribution in [2.45, 2.75) is 52.0 Å². The Kier molecular flexibility index (Phi) is 8.46. The van der Waals surface area contributed by atoms with Crippen LogP contribution in [-0.2, 0) is 5.54 Å². The van der Waals surface area contributed by atoms with Crippen molar-refractivity contribution in [3.8, 4) is 0 Å². The Balaban J connectivity index is 1.78. The molecule has 0 heterocycles. The minimum atomic E-state index is -0.385. The SMILES string of the molecule is C=C1/C=C\C=C/C(C)(N/C=C(\C(C)=C/C(CCC)c2ccccc2C)c2ccccc2)c2ccccc21. The van der Waals surface area contributed by atoms with Crippen molar-refractivity contribution in [2.75, 3.05) is 0 Å². The van der Waals surface area contributed by atoms with E-state index in [1.807, 2.05) is 0 Å². The van der Waals surface area contributed by atoms with Gasteiger partial charge in [-0.3, -0.25) is 0 Å². The van der Waals surface area contributed by atoms with E-state index in [0.717, 1.165) is 18.4 Å². The highest BCUT2D eigenvalue weighted by Gasteiger charge is 2.26. The third kappa shape index (κ3) is 6.12. The first-order chi connectivity index (χ1) is 17.9. The third-order valence-electron chi connectivity index (χ3n) is 7.34. The lowest BCUT2D eigenvalue weighted by Crippen LogP contribution is -2.35. The molecule has 1 aliphatic carbocycles. The van der Waals surface area contributed by atoms with Crippen molar-refractivity contribution in [2.24, 2.45) is 0 Å². The molecule has 37 heavy (non-hydrogen) atoms. The van der Waals surface area contributed by atoms with E-state index >= 15 is 0 Å². The predicted octanol–water partition coefficient (Wildman–Crippen LogP) is 9.51. The van der Waals surface area contributed by atoms with Gasteiger partial charge in [-0.2, -0.15) is 0 Å². The van der Waals surface area contributed by atoms with Crippen LogP contribution < -0.4 is 5.32 Å². The molecule has 1 N–H and O–H groups in total. The van der Waals surface area contributed by atoms with Gasteiger partial charge in [0.2, 0.25) is 0 Å². The molecule has 1 nitrogen and oxygen atoms in total. The van der Waals surface area contributed by atoms with Gasteiger partial charge in [-0.15, -0.1) is 0 Å². The van der Waals surface area contributed by atoms with Crippen LogP contribution in [0.15, 0.2) is 128 Å². The van der Waals surface area contributed by atoms with Crippen LogP contribution in [0.2, 0.25) is 0 Å². The number of allylic oxidation sites excluding steroid dienone is 7. The van der Waals surface area contributed by atoms with Crippen LogP contribution in [0.1, 0.15) is 67.3 Å². The molecule has 0 aromatic heterocycles. The van der Waals surface area contributed by atoms with E-state index in [1.165, 1.54) is 39.0 Å². The van der Waals surface area contributed by atoms with Crippen molar-refractivity contribution >= 4 is 11.1 Å². The average Bonchev–Trinajstić information content (AvgIpc) is 2.91. The van der Waals surface area contributed by atoms with Crippen LogP contribution in [0.3, 0.4) is 0 Å². The van der Waals surface area contributed by atoms with Gasteiger partial charge in [0.05, 0.1) is 5.54 Å². The Bertz CT molecular complexity index is 1350. The highest BCUT2D eigenvalue weighted by Crippen LogP contribution is 2.34. The van der Waals surface area contributed by atoms with Gasteiger partial charge in [0.1, 0.15) is 0 Å². The highest BCUT2D eigenvalue weighted by molar-refractivity contribution is 5.79. The molecule has 0 bridgehead atoms. The van der Waals surface area contributed by atoms with Crippen molar-refractivity contribution in [3.05, 3.63) is 155 Å². The highest BCUT2D eigenvalue weighted by atomic mass is 14.9. The van der Waals surface area contributed by atoms with Crippen LogP contribution in [0.5, 0.6) is 0 Å². The van der Waals surface area contributed by atoms with Crippen molar-refractivity contribution in [1.82, 2.24) is 5.32 Å². The van der Waals surface area contributed by atoms with Gasteiger partial charge in [0.25, 0.3) is 0 Å². The van der Waals surface area contributed by atoms with Gasteiger partial charge >= 0.3 is 0 Å². The lowest BCUT2D eigenvalue weighted by Gasteiger charge is -2.31. The fourth-order valence-electron chi connectivity index (χ4n) is 5.24. The van der Waals surface area contributed by atoms with Crippen LogP contribution in [0.4, 0.5) is 0 Å². The number of hydrogen-bond acceptors (Lipinski definition) is 1. The van der Waals surface area contributed by atoms with E-state index in [2.05, 4.69) is 155 Å². The smallest absolute Gasteiger partial charge is 0.0785 e. The summed E-state index contributed by atoms with van der Waals surface area (Å²) in [5.41, 5.74) is 9.48. The normalized spacial score (nSPS) is 20.4. The van der Waals surface area contributed by atoms with Crippen LogP contribution in [-0.4, -0.2) is 0 Å². The summed E-state index contributed by atoms with van der Waals surface area (Å²) >= 11 is 0. The maximum atomic E-state index is 4.31. The Morgan fingerprint density at radius 1 is 0.946 bits per heavy atom. The monoisotopic (exact) mass is 485 g/mol. The van der Waals surface area contributed by atoms with Crippen molar-refractivity contribution in [3.63, 3.8) is 0 Å². The zero-order valence-corrected chi connectivity index (χ0v) is 22.7. The number of fused-ring (bicyclic) bond motifs is 1. The molecule has 2 atom stereocenters. The molecule has 1 heteroatoms. The summed E-state index contributed by atoms with van der Waals surface area (Å²) in [6.07, 6.45) is 15.4. The van der Waals surface area contributed by atoms with Crippen molar-refractivity contribution in [1.29, 1.82) is 0 Å². The Morgan fingerprint density at radius 2 is 1.65 bits per heavy atom. The molecule has 3 aromatic carbocycles. The topological polar surface area (TPSA) is 12.0 Å². The zero-order valence-electron chi connectivity index (χ0n) is 22.7. The van der Waals surface area contributed by atoms with E-state index in [9.17, 15) is 0 Å². The number of hydrogen-bond donors (Lipinski definition) is 1. The van der Waals surface area contributed by atoms with E-state index in [4.69, 9.17) is 0 Å². The average molecular weight is 486 g/mol. The van der Waals surface area contributed by atoms with Crippen LogP contribution >= 0.6 is 0 Å². The van der Waals surface area contributed by atoms with Gasteiger partial charge in [0.15, 0.2) is 0 Å². The Hall–Kier alpha value is -3.84. The molecule has 0 radical (unpaired) electrons. The Labute approximate surface area is 223 Å². The van der Waals surface area contributed by atoms with E-state index in [0.29, 0.717) is 5.92 Å². The molecule has 3 aromatic rings. The van der Waals surface area contributed by atoms with E-state index < -0.39 is 0 Å². The minimum Gasteiger partial charge on any atom is -0.378 e. The van der Waals surface area contributed by atoms with E-state index in [-0.39, 0.29) is 5.54 Å². The van der Waals surface area contributed by atoms with Gasteiger partial charge in [-0.1, -0.05) is 129 Å². The molecule has 4 rings (SSSR count). The molecule has 188 valence electrons. The van der Waals surface area contributed by atoms with Crippen LogP contribution in [0.25, 0.3) is 11.1 Å². The molecule has 0 saturated carbocycles. The van der Waals surface area contributed by atoms with Gasteiger partial charge in [-0.05, 0) is 71.7 Å². The largest absolute Gasteiger partial charge is 0.378 e. The maximum Gasteiger partial charge on any atom is 0.0785 e. The standard InChI is InChI=1S/C36H39N/c1-6-16-31(32-21-11-10-17-27(32)2)25-29(4)34(30-19-8-7-9-20-30)26-37-36(5)24-15-14-18-28(3)33-22-12-13-23-35(33)36/h7-15,17-26,31,37H,3,6,16H2,1-2,4-5H3/b18-14-,24-15-,29-25-,34-26+. The van der Waals surface area contributed by atoms with Gasteiger partial charge < -0.3 is 5.32 Å². The van der Waals surface area contributed by atoms with E-state index in [1.54, 1.807) is 0 Å². The van der Waals surface area contributed by atoms with Gasteiger partial charge in [-0.25, -0.2) is 0 Å². The summed E-state index contributed by atoms with van der Waals surface area (Å²) in [7, 11) is 0. The second-order valence-electron chi connectivity index (χ2n) is 10.2. The summed E-state index contributed by atoms with van der Waals surface area (Å²) in [5, 5.41) is 3.81. The number of aryl methyl sites for hydroxylation is 1. The molecule has 0 amide bonds. The second-order valence-corrected chi connectivity index (χ2v) is 10.2. The number of benzene rings is 3. The summed E-state index contributed by atoms with van der Waals surface area (Å²) < 4.78 is 0.